The van der Waals surface area contributed by atoms with E-state index in [0.29, 0.717) is 0 Å². The van der Waals surface area contributed by atoms with E-state index in [1.165, 1.54) is 11.6 Å². The highest BCUT2D eigenvalue weighted by atomic mass is 16.6. The molecule has 0 aliphatic rings. The van der Waals surface area contributed by atoms with Gasteiger partial charge >= 0.3 is 0 Å². The predicted octanol–water partition coefficient (Wildman–Crippen LogP) is -1.59. The number of hydrogen-bond donors (Lipinski definition) is 1. The van der Waals surface area contributed by atoms with Crippen molar-refractivity contribution >= 4 is 17.6 Å². The summed E-state index contributed by atoms with van der Waals surface area (Å²) in [6.45, 7) is -0.641. The Bertz CT molecular complexity index is 451. The van der Waals surface area contributed by atoms with Gasteiger partial charge in [0.15, 0.2) is 0 Å². The third-order valence-electron chi connectivity index (χ3n) is 1.83. The van der Waals surface area contributed by atoms with Crippen LogP contribution in [0.4, 0.5) is 5.69 Å². The number of rotatable bonds is 4. The average Bonchev–Trinajstić information content (AvgIpc) is 2.57. The molecule has 0 atom stereocenters. The second-order valence-electron chi connectivity index (χ2n) is 3.01. The highest BCUT2D eigenvalue weighted by molar-refractivity contribution is 5.95. The molecule has 86 valence electrons. The summed E-state index contributed by atoms with van der Waals surface area (Å²) in [6.07, 6.45) is 1.16. The lowest BCUT2D eigenvalue weighted by Gasteiger charge is -2.05. The SMILES string of the molecule is Cn1cc([N+](=O)[O-])cc1C(=O)NCC(=O)[O-]. The van der Waals surface area contributed by atoms with Gasteiger partial charge in [0.25, 0.3) is 11.6 Å². The number of aryl methyl sites for hydroxylation is 1. The van der Waals surface area contributed by atoms with Crippen molar-refractivity contribution in [2.45, 2.75) is 0 Å². The van der Waals surface area contributed by atoms with Gasteiger partial charge in [0.05, 0.1) is 23.6 Å². The summed E-state index contributed by atoms with van der Waals surface area (Å²) in [5.74, 6) is -2.14. The third-order valence-corrected chi connectivity index (χ3v) is 1.83. The van der Waals surface area contributed by atoms with Crippen molar-refractivity contribution in [3.05, 3.63) is 28.1 Å². The van der Waals surface area contributed by atoms with Crippen molar-refractivity contribution < 1.29 is 19.6 Å². The van der Waals surface area contributed by atoms with Crippen molar-refractivity contribution in [2.75, 3.05) is 6.54 Å². The second-order valence-corrected chi connectivity index (χ2v) is 3.01. The molecule has 0 saturated carbocycles. The minimum Gasteiger partial charge on any atom is -0.548 e. The first-order chi connectivity index (χ1) is 7.41. The summed E-state index contributed by atoms with van der Waals surface area (Å²) in [5.41, 5.74) is -0.228. The number of aliphatic carboxylic acids is 1. The maximum Gasteiger partial charge on any atom is 0.287 e. The first-order valence-corrected chi connectivity index (χ1v) is 4.20. The second kappa shape index (κ2) is 4.43. The molecule has 1 heterocycles. The van der Waals surface area contributed by atoms with E-state index in [4.69, 9.17) is 0 Å². The fraction of sp³-hybridized carbons (Fsp3) is 0.250. The van der Waals surface area contributed by atoms with Crippen LogP contribution in [0, 0.1) is 10.1 Å². The van der Waals surface area contributed by atoms with Crippen molar-refractivity contribution in [3.8, 4) is 0 Å². The molecule has 0 spiro atoms. The molecule has 0 unspecified atom stereocenters. The molecule has 1 rings (SSSR count). The predicted molar refractivity (Wildman–Crippen MR) is 49.4 cm³/mol. The van der Waals surface area contributed by atoms with E-state index in [2.05, 4.69) is 0 Å². The summed E-state index contributed by atoms with van der Waals surface area (Å²) < 4.78 is 1.24. The number of carboxylic acid groups (broad SMARTS) is 1. The fourth-order valence-electron chi connectivity index (χ4n) is 1.12. The van der Waals surface area contributed by atoms with Gasteiger partial charge in [-0.05, 0) is 0 Å². The Morgan fingerprint density at radius 2 is 2.19 bits per heavy atom. The van der Waals surface area contributed by atoms with E-state index in [1.807, 2.05) is 5.32 Å². The molecule has 1 aromatic rings. The highest BCUT2D eigenvalue weighted by Crippen LogP contribution is 2.14. The van der Waals surface area contributed by atoms with E-state index >= 15 is 0 Å². The lowest BCUT2D eigenvalue weighted by Crippen LogP contribution is -2.38. The fourth-order valence-corrected chi connectivity index (χ4v) is 1.12. The van der Waals surface area contributed by atoms with E-state index in [9.17, 15) is 24.8 Å². The minimum absolute atomic E-state index is 0.00736. The van der Waals surface area contributed by atoms with Crippen LogP contribution >= 0.6 is 0 Å². The van der Waals surface area contributed by atoms with E-state index in [-0.39, 0.29) is 11.4 Å². The smallest absolute Gasteiger partial charge is 0.287 e. The Hall–Kier alpha value is -2.38. The molecule has 0 aliphatic carbocycles. The zero-order valence-electron chi connectivity index (χ0n) is 8.30. The number of nitrogens with zero attached hydrogens (tertiary/aromatic N) is 2. The van der Waals surface area contributed by atoms with Crippen LogP contribution in [0.3, 0.4) is 0 Å². The summed E-state index contributed by atoms with van der Waals surface area (Å²) in [6, 6.07) is 1.06. The molecule has 8 heteroatoms. The van der Waals surface area contributed by atoms with Gasteiger partial charge < -0.3 is 19.8 Å². The number of carbonyl (C=O) groups excluding carboxylic acids is 2. The van der Waals surface area contributed by atoms with Crippen LogP contribution in [0.1, 0.15) is 10.5 Å². The van der Waals surface area contributed by atoms with Gasteiger partial charge in [-0.2, -0.15) is 0 Å². The molecular weight excluding hydrogens is 218 g/mol. The summed E-state index contributed by atoms with van der Waals surface area (Å²) >= 11 is 0. The van der Waals surface area contributed by atoms with E-state index in [0.717, 1.165) is 12.3 Å². The minimum atomic E-state index is -1.43. The molecule has 1 N–H and O–H groups in total. The van der Waals surface area contributed by atoms with Gasteiger partial charge in [-0.1, -0.05) is 0 Å². The summed E-state index contributed by atoms with van der Waals surface area (Å²) in [7, 11) is 1.45. The first kappa shape index (κ1) is 11.7. The van der Waals surface area contributed by atoms with Crippen LogP contribution in [0.15, 0.2) is 12.3 Å². The Morgan fingerprint density at radius 1 is 1.56 bits per heavy atom. The number of nitro groups is 1. The molecule has 0 radical (unpaired) electrons. The quantitative estimate of drug-likeness (QED) is 0.490. The van der Waals surface area contributed by atoms with E-state index in [1.54, 1.807) is 0 Å². The standard InChI is InChI=1S/C8H9N3O5/c1-10-4-5(11(15)16)2-6(10)8(14)9-3-7(12)13/h2,4H,3H2,1H3,(H,9,14)(H,12,13)/p-1. The van der Waals surface area contributed by atoms with Crippen LogP contribution in [0.2, 0.25) is 0 Å². The van der Waals surface area contributed by atoms with Crippen molar-refractivity contribution in [2.24, 2.45) is 7.05 Å². The molecule has 0 aliphatic heterocycles. The van der Waals surface area contributed by atoms with Crippen LogP contribution < -0.4 is 10.4 Å². The Labute approximate surface area is 89.6 Å². The van der Waals surface area contributed by atoms with Gasteiger partial charge in [0.1, 0.15) is 5.69 Å². The first-order valence-electron chi connectivity index (χ1n) is 4.20. The summed E-state index contributed by atoms with van der Waals surface area (Å²) in [5, 5.41) is 22.6. The number of hydrogen-bond acceptors (Lipinski definition) is 5. The number of nitrogens with one attached hydrogen (secondary N) is 1. The van der Waals surface area contributed by atoms with Crippen LogP contribution in [-0.4, -0.2) is 27.9 Å². The monoisotopic (exact) mass is 226 g/mol. The van der Waals surface area contributed by atoms with Crippen molar-refractivity contribution in [1.29, 1.82) is 0 Å². The number of carboxylic acids is 1. The molecule has 0 saturated heterocycles. The zero-order chi connectivity index (χ0) is 12.3. The van der Waals surface area contributed by atoms with Crippen molar-refractivity contribution in [1.82, 2.24) is 9.88 Å². The number of carbonyl (C=O) groups is 2. The molecule has 16 heavy (non-hydrogen) atoms. The molecule has 1 aromatic heterocycles. The average molecular weight is 226 g/mol. The van der Waals surface area contributed by atoms with Crippen molar-refractivity contribution in [3.63, 3.8) is 0 Å². The molecule has 1 amide bonds. The lowest BCUT2D eigenvalue weighted by molar-refractivity contribution is -0.384. The van der Waals surface area contributed by atoms with Gasteiger partial charge in [-0.3, -0.25) is 14.9 Å². The zero-order valence-corrected chi connectivity index (χ0v) is 8.30. The number of aromatic nitrogens is 1. The third kappa shape index (κ3) is 2.56. The molecular formula is C8H8N3O5-. The molecule has 0 aromatic carbocycles. The highest BCUT2D eigenvalue weighted by Gasteiger charge is 2.16. The summed E-state index contributed by atoms with van der Waals surface area (Å²) in [4.78, 5) is 31.2. The van der Waals surface area contributed by atoms with Crippen LogP contribution in [0.5, 0.6) is 0 Å². The van der Waals surface area contributed by atoms with Gasteiger partial charge in [-0.25, -0.2) is 0 Å². The van der Waals surface area contributed by atoms with Gasteiger partial charge in [-0.15, -0.1) is 0 Å². The maximum absolute atomic E-state index is 11.4. The molecule has 8 nitrogen and oxygen atoms in total. The van der Waals surface area contributed by atoms with Crippen LogP contribution in [0.25, 0.3) is 0 Å². The Balaban J connectivity index is 2.83. The lowest BCUT2D eigenvalue weighted by atomic mass is 10.4. The van der Waals surface area contributed by atoms with Crippen LogP contribution in [-0.2, 0) is 11.8 Å². The maximum atomic E-state index is 11.4. The topological polar surface area (TPSA) is 117 Å². The number of amides is 1. The largest absolute Gasteiger partial charge is 0.548 e. The molecule has 0 fully saturated rings. The van der Waals surface area contributed by atoms with Gasteiger partial charge in [0, 0.05) is 13.1 Å². The van der Waals surface area contributed by atoms with Gasteiger partial charge in [0.2, 0.25) is 0 Å². The normalized spacial score (nSPS) is 9.81. The van der Waals surface area contributed by atoms with E-state index < -0.39 is 23.3 Å². The Morgan fingerprint density at radius 3 is 2.62 bits per heavy atom. The Kier molecular flexibility index (Phi) is 3.24. The molecule has 0 bridgehead atoms.